The maximum absolute atomic E-state index is 11.0. The van der Waals surface area contributed by atoms with E-state index in [2.05, 4.69) is 10.3 Å². The van der Waals surface area contributed by atoms with Crippen LogP contribution in [0.15, 0.2) is 12.3 Å². The maximum atomic E-state index is 11.0. The lowest BCUT2D eigenvalue weighted by Crippen LogP contribution is -2.25. The summed E-state index contributed by atoms with van der Waals surface area (Å²) < 4.78 is 0. The van der Waals surface area contributed by atoms with Crippen molar-refractivity contribution in [2.75, 3.05) is 31.6 Å². The van der Waals surface area contributed by atoms with Gasteiger partial charge in [0.05, 0.1) is 9.95 Å². The summed E-state index contributed by atoms with van der Waals surface area (Å²) >= 11 is 5.75. The largest absolute Gasteiger partial charge is 0.351 e. The van der Waals surface area contributed by atoms with Gasteiger partial charge in [-0.05, 0) is 25.9 Å². The summed E-state index contributed by atoms with van der Waals surface area (Å²) in [5.41, 5.74) is -0.0207. The van der Waals surface area contributed by atoms with Crippen molar-refractivity contribution in [1.82, 2.24) is 10.3 Å². The Bertz CT molecular complexity index is 455. The van der Waals surface area contributed by atoms with E-state index in [-0.39, 0.29) is 10.7 Å². The zero-order valence-corrected chi connectivity index (χ0v) is 10.9. The van der Waals surface area contributed by atoms with E-state index in [0.29, 0.717) is 11.7 Å². The fourth-order valence-corrected chi connectivity index (χ4v) is 2.43. The van der Waals surface area contributed by atoms with Crippen LogP contribution in [-0.2, 0) is 0 Å². The first-order valence-electron chi connectivity index (χ1n) is 5.81. The Morgan fingerprint density at radius 1 is 1.72 bits per heavy atom. The van der Waals surface area contributed by atoms with Crippen LogP contribution in [0, 0.1) is 16.0 Å². The van der Waals surface area contributed by atoms with E-state index in [4.69, 9.17) is 11.6 Å². The van der Waals surface area contributed by atoms with E-state index in [9.17, 15) is 10.1 Å². The minimum absolute atomic E-state index is 0.0207. The third kappa shape index (κ3) is 2.70. The molecule has 7 heteroatoms. The molecule has 0 amide bonds. The molecule has 1 aromatic rings. The lowest BCUT2D eigenvalue weighted by atomic mass is 10.1. The van der Waals surface area contributed by atoms with Gasteiger partial charge in [-0.1, -0.05) is 11.6 Å². The van der Waals surface area contributed by atoms with E-state index in [1.807, 2.05) is 11.9 Å². The van der Waals surface area contributed by atoms with Gasteiger partial charge in [0.25, 0.3) is 0 Å². The van der Waals surface area contributed by atoms with E-state index >= 15 is 0 Å². The van der Waals surface area contributed by atoms with E-state index in [1.54, 1.807) is 0 Å². The molecule has 0 radical (unpaired) electrons. The Morgan fingerprint density at radius 2 is 2.50 bits per heavy atom. The zero-order chi connectivity index (χ0) is 13.1. The molecule has 0 aliphatic carbocycles. The first kappa shape index (κ1) is 13.0. The number of rotatable bonds is 4. The fraction of sp³-hybridized carbons (Fsp3) is 0.545. The highest BCUT2D eigenvalue weighted by atomic mass is 35.5. The molecule has 1 aliphatic rings. The van der Waals surface area contributed by atoms with Gasteiger partial charge in [0.2, 0.25) is 5.82 Å². The first-order valence-corrected chi connectivity index (χ1v) is 6.19. The lowest BCUT2D eigenvalue weighted by Gasteiger charge is -2.17. The van der Waals surface area contributed by atoms with Crippen molar-refractivity contribution in [3.05, 3.63) is 27.4 Å². The zero-order valence-electron chi connectivity index (χ0n) is 10.1. The standard InChI is InChI=1S/C11H15ClN4O2/c1-13-5-8-2-3-15(7-8)11-10(16(17)18)4-9(12)6-14-11/h4,6,8,13H,2-3,5,7H2,1H3. The normalized spacial score (nSPS) is 19.2. The van der Waals surface area contributed by atoms with Crippen molar-refractivity contribution in [3.63, 3.8) is 0 Å². The average Bonchev–Trinajstić information content (AvgIpc) is 2.78. The quantitative estimate of drug-likeness (QED) is 0.666. The maximum Gasteiger partial charge on any atom is 0.313 e. The molecule has 18 heavy (non-hydrogen) atoms. The van der Waals surface area contributed by atoms with Gasteiger partial charge in [-0.2, -0.15) is 0 Å². The second-order valence-electron chi connectivity index (χ2n) is 4.41. The predicted octanol–water partition coefficient (Wildman–Crippen LogP) is 1.69. The molecule has 0 bridgehead atoms. The van der Waals surface area contributed by atoms with Crippen molar-refractivity contribution in [3.8, 4) is 0 Å². The molecule has 0 spiro atoms. The molecule has 1 fully saturated rings. The Hall–Kier alpha value is -1.40. The number of halogens is 1. The summed E-state index contributed by atoms with van der Waals surface area (Å²) in [6.07, 6.45) is 2.47. The molecule has 1 saturated heterocycles. The van der Waals surface area contributed by atoms with Crippen LogP contribution < -0.4 is 10.2 Å². The van der Waals surface area contributed by atoms with Gasteiger partial charge in [-0.15, -0.1) is 0 Å². The molecule has 6 nitrogen and oxygen atoms in total. The van der Waals surface area contributed by atoms with Crippen LogP contribution in [0.1, 0.15) is 6.42 Å². The number of hydrogen-bond donors (Lipinski definition) is 1. The minimum Gasteiger partial charge on any atom is -0.351 e. The van der Waals surface area contributed by atoms with E-state index in [0.717, 1.165) is 26.1 Å². The van der Waals surface area contributed by atoms with Gasteiger partial charge >= 0.3 is 5.69 Å². The topological polar surface area (TPSA) is 71.3 Å². The summed E-state index contributed by atoms with van der Waals surface area (Å²) in [5, 5.41) is 14.4. The van der Waals surface area contributed by atoms with Gasteiger partial charge in [0.15, 0.2) is 0 Å². The van der Waals surface area contributed by atoms with Crippen LogP contribution in [0.25, 0.3) is 0 Å². The van der Waals surface area contributed by atoms with Crippen molar-refractivity contribution >= 4 is 23.1 Å². The molecular weight excluding hydrogens is 256 g/mol. The lowest BCUT2D eigenvalue weighted by molar-refractivity contribution is -0.384. The smallest absolute Gasteiger partial charge is 0.313 e. The highest BCUT2D eigenvalue weighted by Crippen LogP contribution is 2.31. The molecule has 1 unspecified atom stereocenters. The van der Waals surface area contributed by atoms with Crippen molar-refractivity contribution < 1.29 is 4.92 Å². The van der Waals surface area contributed by atoms with Gasteiger partial charge < -0.3 is 10.2 Å². The van der Waals surface area contributed by atoms with E-state index < -0.39 is 4.92 Å². The number of nitrogens with zero attached hydrogens (tertiary/aromatic N) is 3. The molecule has 1 aromatic heterocycles. The number of anilines is 1. The fourth-order valence-electron chi connectivity index (χ4n) is 2.28. The Morgan fingerprint density at radius 3 is 3.17 bits per heavy atom. The van der Waals surface area contributed by atoms with Crippen LogP contribution in [0.4, 0.5) is 11.5 Å². The number of nitrogens with one attached hydrogen (secondary N) is 1. The van der Waals surface area contributed by atoms with Crippen LogP contribution in [0.2, 0.25) is 5.02 Å². The summed E-state index contributed by atoms with van der Waals surface area (Å²) in [5.74, 6) is 0.926. The van der Waals surface area contributed by atoms with Crippen molar-refractivity contribution in [2.45, 2.75) is 6.42 Å². The van der Waals surface area contributed by atoms with Crippen LogP contribution in [0.5, 0.6) is 0 Å². The third-order valence-electron chi connectivity index (χ3n) is 3.09. The molecule has 1 aliphatic heterocycles. The molecular formula is C11H15ClN4O2. The highest BCUT2D eigenvalue weighted by Gasteiger charge is 2.28. The van der Waals surface area contributed by atoms with Gasteiger partial charge in [0.1, 0.15) is 0 Å². The Labute approximate surface area is 110 Å². The Balaban J connectivity index is 2.21. The Kier molecular flexibility index (Phi) is 3.98. The number of hydrogen-bond acceptors (Lipinski definition) is 5. The summed E-state index contributed by atoms with van der Waals surface area (Å²) in [6.45, 7) is 2.50. The van der Waals surface area contributed by atoms with Crippen LogP contribution in [0.3, 0.4) is 0 Å². The second-order valence-corrected chi connectivity index (χ2v) is 4.85. The molecule has 0 aromatic carbocycles. The average molecular weight is 271 g/mol. The molecule has 98 valence electrons. The highest BCUT2D eigenvalue weighted by molar-refractivity contribution is 6.30. The van der Waals surface area contributed by atoms with E-state index in [1.165, 1.54) is 12.3 Å². The summed E-state index contributed by atoms with van der Waals surface area (Å²) in [6, 6.07) is 1.36. The molecule has 1 atom stereocenters. The molecule has 2 heterocycles. The number of nitro groups is 1. The van der Waals surface area contributed by atoms with Crippen LogP contribution in [-0.4, -0.2) is 36.6 Å². The minimum atomic E-state index is -0.431. The molecule has 2 rings (SSSR count). The summed E-state index contributed by atoms with van der Waals surface area (Å²) in [4.78, 5) is 16.6. The van der Waals surface area contributed by atoms with Gasteiger partial charge in [0, 0.05) is 25.4 Å². The monoisotopic (exact) mass is 270 g/mol. The van der Waals surface area contributed by atoms with Crippen LogP contribution >= 0.6 is 11.6 Å². The predicted molar refractivity (Wildman–Crippen MR) is 70.1 cm³/mol. The van der Waals surface area contributed by atoms with Gasteiger partial charge in [-0.3, -0.25) is 10.1 Å². The third-order valence-corrected chi connectivity index (χ3v) is 3.30. The van der Waals surface area contributed by atoms with Crippen molar-refractivity contribution in [1.29, 1.82) is 0 Å². The molecule has 0 saturated carbocycles. The SMILES string of the molecule is CNCC1CCN(c2ncc(Cl)cc2[N+](=O)[O-])C1. The first-order chi connectivity index (χ1) is 8.61. The molecule has 1 N–H and O–H groups in total. The number of aromatic nitrogens is 1. The van der Waals surface area contributed by atoms with Gasteiger partial charge in [-0.25, -0.2) is 4.98 Å². The second kappa shape index (κ2) is 5.49. The van der Waals surface area contributed by atoms with Crippen molar-refractivity contribution in [2.24, 2.45) is 5.92 Å². The number of pyridine rings is 1. The summed E-state index contributed by atoms with van der Waals surface area (Å²) in [7, 11) is 1.91.